The van der Waals surface area contributed by atoms with E-state index in [1.807, 2.05) is 30.3 Å². The Morgan fingerprint density at radius 3 is 2.33 bits per heavy atom. The summed E-state index contributed by atoms with van der Waals surface area (Å²) in [5.41, 5.74) is 2.17. The Morgan fingerprint density at radius 2 is 1.80 bits per heavy atom. The highest BCUT2D eigenvalue weighted by Gasteiger charge is 2.11. The number of hydrogen-bond donors (Lipinski definition) is 0. The summed E-state index contributed by atoms with van der Waals surface area (Å²) in [5.74, 6) is 0. The maximum Gasteiger partial charge on any atom is 0.0843 e. The quantitative estimate of drug-likeness (QED) is 0.641. The molecule has 1 heterocycles. The first kappa shape index (κ1) is 11.5. The molecule has 0 aliphatic carbocycles. The first-order chi connectivity index (χ1) is 7.16. The third kappa shape index (κ3) is 2.76. The van der Waals surface area contributed by atoms with Gasteiger partial charge in [0.25, 0.3) is 0 Å². The van der Waals surface area contributed by atoms with Gasteiger partial charge in [0.2, 0.25) is 0 Å². The second-order valence-electron chi connectivity index (χ2n) is 3.10. The molecule has 2 rings (SSSR count). The minimum absolute atomic E-state index is 0.107. The highest BCUT2D eigenvalue weighted by molar-refractivity contribution is 9.11. The van der Waals surface area contributed by atoms with Gasteiger partial charge < -0.3 is 0 Å². The van der Waals surface area contributed by atoms with Crippen LogP contribution in [0.5, 0.6) is 0 Å². The van der Waals surface area contributed by atoms with E-state index in [1.54, 1.807) is 11.3 Å². The Kier molecular flexibility index (Phi) is 3.73. The number of halogens is 3. The van der Waals surface area contributed by atoms with Crippen molar-refractivity contribution in [2.75, 3.05) is 0 Å². The van der Waals surface area contributed by atoms with Gasteiger partial charge in [-0.15, -0.1) is 22.9 Å². The molecular formula is C11H7BrCl2S. The van der Waals surface area contributed by atoms with Crippen molar-refractivity contribution in [1.82, 2.24) is 0 Å². The molecule has 15 heavy (non-hydrogen) atoms. The molecule has 0 spiro atoms. The van der Waals surface area contributed by atoms with Crippen molar-refractivity contribution in [3.05, 3.63) is 55.6 Å². The summed E-state index contributed by atoms with van der Waals surface area (Å²) in [6, 6.07) is 9.65. The Balaban J connectivity index is 2.28. The van der Waals surface area contributed by atoms with Gasteiger partial charge in [0.1, 0.15) is 0 Å². The molecule has 0 saturated carbocycles. The minimum atomic E-state index is -0.107. The summed E-state index contributed by atoms with van der Waals surface area (Å²) in [6.07, 6.45) is 0. The summed E-state index contributed by atoms with van der Waals surface area (Å²) >= 11 is 17.2. The lowest BCUT2D eigenvalue weighted by Gasteiger charge is -2.07. The molecule has 2 aromatic rings. The molecule has 78 valence electrons. The van der Waals surface area contributed by atoms with Crippen molar-refractivity contribution in [2.45, 2.75) is 5.38 Å². The van der Waals surface area contributed by atoms with Crippen LogP contribution in [0.3, 0.4) is 0 Å². The predicted octanol–water partition coefficient (Wildman–Crippen LogP) is 5.49. The van der Waals surface area contributed by atoms with E-state index in [-0.39, 0.29) is 5.38 Å². The van der Waals surface area contributed by atoms with Gasteiger partial charge >= 0.3 is 0 Å². The second-order valence-corrected chi connectivity index (χ2v) is 6.26. The Labute approximate surface area is 111 Å². The topological polar surface area (TPSA) is 0 Å². The maximum absolute atomic E-state index is 6.34. The number of benzene rings is 1. The molecule has 0 amide bonds. The second kappa shape index (κ2) is 4.88. The molecule has 0 saturated heterocycles. The van der Waals surface area contributed by atoms with Gasteiger partial charge in [-0.2, -0.15) is 0 Å². The molecule has 0 aliphatic heterocycles. The van der Waals surface area contributed by atoms with E-state index >= 15 is 0 Å². The number of thiophene rings is 1. The van der Waals surface area contributed by atoms with E-state index in [0.29, 0.717) is 0 Å². The van der Waals surface area contributed by atoms with E-state index < -0.39 is 0 Å². The number of rotatable bonds is 2. The van der Waals surface area contributed by atoms with Crippen LogP contribution in [0.2, 0.25) is 5.02 Å². The fraction of sp³-hybridized carbons (Fsp3) is 0.0909. The number of hydrogen-bond acceptors (Lipinski definition) is 1. The van der Waals surface area contributed by atoms with Crippen LogP contribution in [-0.4, -0.2) is 0 Å². The first-order valence-electron chi connectivity index (χ1n) is 4.30. The minimum Gasteiger partial charge on any atom is -0.136 e. The maximum atomic E-state index is 6.34. The average molecular weight is 322 g/mol. The van der Waals surface area contributed by atoms with Crippen LogP contribution in [-0.2, 0) is 0 Å². The third-order valence-corrected chi connectivity index (χ3v) is 4.32. The molecule has 1 aromatic heterocycles. The van der Waals surface area contributed by atoms with Crippen molar-refractivity contribution in [3.63, 3.8) is 0 Å². The molecule has 1 atom stereocenters. The van der Waals surface area contributed by atoms with Gasteiger partial charge in [-0.1, -0.05) is 23.7 Å². The largest absolute Gasteiger partial charge is 0.136 e. The molecule has 0 radical (unpaired) electrons. The predicted molar refractivity (Wildman–Crippen MR) is 71.2 cm³/mol. The molecule has 0 fully saturated rings. The average Bonchev–Trinajstić information content (AvgIpc) is 2.65. The van der Waals surface area contributed by atoms with Crippen LogP contribution in [0.1, 0.15) is 16.5 Å². The van der Waals surface area contributed by atoms with Crippen molar-refractivity contribution in [3.8, 4) is 0 Å². The normalized spacial score (nSPS) is 12.7. The smallest absolute Gasteiger partial charge is 0.0843 e. The molecule has 0 N–H and O–H groups in total. The Bertz CT molecular complexity index is 450. The van der Waals surface area contributed by atoms with Gasteiger partial charge in [0.05, 0.1) is 9.16 Å². The van der Waals surface area contributed by atoms with Gasteiger partial charge in [-0.25, -0.2) is 0 Å². The Hall–Kier alpha value is -0.0200. The SMILES string of the molecule is Clc1ccc(C(Cl)c2csc(Br)c2)cc1. The van der Waals surface area contributed by atoms with E-state index in [9.17, 15) is 0 Å². The summed E-state index contributed by atoms with van der Waals surface area (Å²) < 4.78 is 1.09. The monoisotopic (exact) mass is 320 g/mol. The lowest BCUT2D eigenvalue weighted by Crippen LogP contribution is -1.89. The van der Waals surface area contributed by atoms with Gasteiger partial charge in [-0.3, -0.25) is 0 Å². The van der Waals surface area contributed by atoms with Crippen LogP contribution in [0.15, 0.2) is 39.5 Å². The molecule has 0 aliphatic rings. The van der Waals surface area contributed by atoms with Crippen LogP contribution < -0.4 is 0 Å². The van der Waals surface area contributed by atoms with Gasteiger partial charge in [0, 0.05) is 5.02 Å². The zero-order valence-corrected chi connectivity index (χ0v) is 11.5. The van der Waals surface area contributed by atoms with Crippen LogP contribution >= 0.6 is 50.5 Å². The van der Waals surface area contributed by atoms with E-state index in [2.05, 4.69) is 21.3 Å². The van der Waals surface area contributed by atoms with Crippen molar-refractivity contribution in [2.24, 2.45) is 0 Å². The molecule has 1 unspecified atom stereocenters. The van der Waals surface area contributed by atoms with Crippen molar-refractivity contribution >= 4 is 50.5 Å². The Morgan fingerprint density at radius 1 is 1.13 bits per heavy atom. The zero-order valence-electron chi connectivity index (χ0n) is 7.58. The summed E-state index contributed by atoms with van der Waals surface area (Å²) in [4.78, 5) is 0. The molecule has 4 heteroatoms. The summed E-state index contributed by atoms with van der Waals surface area (Å²) in [6.45, 7) is 0. The molecule has 1 aromatic carbocycles. The molecule has 0 nitrogen and oxygen atoms in total. The fourth-order valence-electron chi connectivity index (χ4n) is 1.28. The highest BCUT2D eigenvalue weighted by Crippen LogP contribution is 2.34. The fourth-order valence-corrected chi connectivity index (χ4v) is 2.95. The van der Waals surface area contributed by atoms with Crippen LogP contribution in [0.25, 0.3) is 0 Å². The standard InChI is InChI=1S/C11H7BrCl2S/c12-10-5-8(6-15-10)11(14)7-1-3-9(13)4-2-7/h1-6,11H. The lowest BCUT2D eigenvalue weighted by molar-refractivity contribution is 1.15. The van der Waals surface area contributed by atoms with Gasteiger partial charge in [-0.05, 0) is 50.6 Å². The lowest BCUT2D eigenvalue weighted by atomic mass is 10.1. The molecule has 0 bridgehead atoms. The van der Waals surface area contributed by atoms with Gasteiger partial charge in [0.15, 0.2) is 0 Å². The molecular weight excluding hydrogens is 315 g/mol. The summed E-state index contributed by atoms with van der Waals surface area (Å²) in [7, 11) is 0. The van der Waals surface area contributed by atoms with E-state index in [0.717, 1.165) is 19.9 Å². The van der Waals surface area contributed by atoms with E-state index in [4.69, 9.17) is 23.2 Å². The van der Waals surface area contributed by atoms with Crippen molar-refractivity contribution in [1.29, 1.82) is 0 Å². The highest BCUT2D eigenvalue weighted by atomic mass is 79.9. The third-order valence-electron chi connectivity index (χ3n) is 2.04. The zero-order chi connectivity index (χ0) is 10.8. The number of alkyl halides is 1. The van der Waals surface area contributed by atoms with Crippen LogP contribution in [0, 0.1) is 0 Å². The van der Waals surface area contributed by atoms with Crippen LogP contribution in [0.4, 0.5) is 0 Å². The van der Waals surface area contributed by atoms with E-state index in [1.165, 1.54) is 0 Å². The van der Waals surface area contributed by atoms with Crippen molar-refractivity contribution < 1.29 is 0 Å². The first-order valence-corrected chi connectivity index (χ1v) is 6.79. The summed E-state index contributed by atoms with van der Waals surface area (Å²) in [5, 5.41) is 2.68.